The molecule has 1 aromatic heterocycles. The molecule has 5 nitrogen and oxygen atoms in total. The maximum Gasteiger partial charge on any atom is 0.191 e. The normalized spacial score (nSPS) is 16.2. The molecule has 0 unspecified atom stereocenters. The summed E-state index contributed by atoms with van der Waals surface area (Å²) in [6.07, 6.45) is 3.41. The van der Waals surface area contributed by atoms with Crippen LogP contribution in [0.3, 0.4) is 0 Å². The van der Waals surface area contributed by atoms with Crippen LogP contribution in [0.4, 0.5) is 0 Å². The molecular weight excluding hydrogens is 461 g/mol. The molecule has 1 aromatic rings. The predicted octanol–water partition coefficient (Wildman–Crippen LogP) is 3.78. The fraction of sp³-hybridized carbons (Fsp3) is 0.737. The first-order valence-corrected chi connectivity index (χ1v) is 10.3. The smallest absolute Gasteiger partial charge is 0.191 e. The molecular formula is C19H34IN3O2S. The molecule has 0 amide bonds. The van der Waals surface area contributed by atoms with Crippen molar-refractivity contribution in [1.82, 2.24) is 10.6 Å². The molecule has 1 aliphatic heterocycles. The second-order valence-electron chi connectivity index (χ2n) is 7.02. The van der Waals surface area contributed by atoms with E-state index in [0.717, 1.165) is 64.7 Å². The molecule has 2 N–H and O–H groups in total. The van der Waals surface area contributed by atoms with Crippen LogP contribution in [0.1, 0.15) is 44.9 Å². The van der Waals surface area contributed by atoms with Crippen molar-refractivity contribution in [2.45, 2.75) is 51.6 Å². The number of rotatable bonds is 9. The zero-order valence-corrected chi connectivity index (χ0v) is 19.4. The maximum atomic E-state index is 5.91. The minimum atomic E-state index is 0. The summed E-state index contributed by atoms with van der Waals surface area (Å²) >= 11 is 1.80. The first kappa shape index (κ1) is 23.7. The Morgan fingerprint density at radius 3 is 2.77 bits per heavy atom. The largest absolute Gasteiger partial charge is 0.381 e. The predicted molar refractivity (Wildman–Crippen MR) is 121 cm³/mol. The van der Waals surface area contributed by atoms with E-state index in [-0.39, 0.29) is 29.4 Å². The summed E-state index contributed by atoms with van der Waals surface area (Å²) in [6, 6.07) is 4.29. The average molecular weight is 495 g/mol. The first-order chi connectivity index (χ1) is 12.1. The average Bonchev–Trinajstić information content (AvgIpc) is 3.16. The summed E-state index contributed by atoms with van der Waals surface area (Å²) in [5, 5.41) is 8.87. The number of hydrogen-bond donors (Lipinski definition) is 2. The highest BCUT2D eigenvalue weighted by atomic mass is 127. The van der Waals surface area contributed by atoms with E-state index in [9.17, 15) is 0 Å². The SMILES string of the molecule is CCNC(=NCC(C)(C)c1cccs1)NCCCOC1CCOCC1.I. The van der Waals surface area contributed by atoms with Gasteiger partial charge in [0.15, 0.2) is 5.96 Å². The minimum Gasteiger partial charge on any atom is -0.381 e. The van der Waals surface area contributed by atoms with Crippen molar-refractivity contribution in [2.24, 2.45) is 4.99 Å². The van der Waals surface area contributed by atoms with Gasteiger partial charge in [-0.2, -0.15) is 0 Å². The molecule has 0 spiro atoms. The number of hydrogen-bond acceptors (Lipinski definition) is 4. The van der Waals surface area contributed by atoms with Gasteiger partial charge >= 0.3 is 0 Å². The van der Waals surface area contributed by atoms with Gasteiger partial charge in [0.1, 0.15) is 0 Å². The van der Waals surface area contributed by atoms with Crippen molar-refractivity contribution in [1.29, 1.82) is 0 Å². The van der Waals surface area contributed by atoms with E-state index in [4.69, 9.17) is 14.5 Å². The second-order valence-corrected chi connectivity index (χ2v) is 7.97. The van der Waals surface area contributed by atoms with Gasteiger partial charge in [-0.3, -0.25) is 4.99 Å². The van der Waals surface area contributed by atoms with Crippen molar-refractivity contribution in [3.05, 3.63) is 22.4 Å². The van der Waals surface area contributed by atoms with Gasteiger partial charge in [0, 0.05) is 43.2 Å². The van der Waals surface area contributed by atoms with Crippen LogP contribution < -0.4 is 10.6 Å². The van der Waals surface area contributed by atoms with Crippen molar-refractivity contribution in [3.63, 3.8) is 0 Å². The molecule has 0 atom stereocenters. The van der Waals surface area contributed by atoms with Gasteiger partial charge in [0.05, 0.1) is 12.6 Å². The topological polar surface area (TPSA) is 54.9 Å². The molecule has 7 heteroatoms. The van der Waals surface area contributed by atoms with Gasteiger partial charge in [-0.1, -0.05) is 19.9 Å². The van der Waals surface area contributed by atoms with E-state index < -0.39 is 0 Å². The molecule has 1 saturated heterocycles. The van der Waals surface area contributed by atoms with E-state index in [2.05, 4.69) is 48.9 Å². The Morgan fingerprint density at radius 2 is 2.12 bits per heavy atom. The van der Waals surface area contributed by atoms with Crippen LogP contribution in [0.2, 0.25) is 0 Å². The highest BCUT2D eigenvalue weighted by Crippen LogP contribution is 2.27. The van der Waals surface area contributed by atoms with Crippen molar-refractivity contribution in [2.75, 3.05) is 39.5 Å². The number of nitrogens with one attached hydrogen (secondary N) is 2. The van der Waals surface area contributed by atoms with Crippen molar-refractivity contribution < 1.29 is 9.47 Å². The van der Waals surface area contributed by atoms with Crippen LogP contribution in [-0.4, -0.2) is 51.5 Å². The zero-order chi connectivity index (χ0) is 18.0. The second kappa shape index (κ2) is 12.9. The number of thiophene rings is 1. The monoisotopic (exact) mass is 495 g/mol. The van der Waals surface area contributed by atoms with Gasteiger partial charge in [-0.25, -0.2) is 0 Å². The van der Waals surface area contributed by atoms with Crippen LogP contribution in [0, 0.1) is 0 Å². The van der Waals surface area contributed by atoms with Gasteiger partial charge in [-0.05, 0) is 37.6 Å². The van der Waals surface area contributed by atoms with Crippen LogP contribution >= 0.6 is 35.3 Å². The third-order valence-corrected chi connectivity index (χ3v) is 5.54. The van der Waals surface area contributed by atoms with Crippen LogP contribution in [-0.2, 0) is 14.9 Å². The molecule has 2 rings (SSSR count). The lowest BCUT2D eigenvalue weighted by molar-refractivity contribution is -0.0320. The summed E-state index contributed by atoms with van der Waals surface area (Å²) in [4.78, 5) is 6.14. The number of aliphatic imine (C=N–C) groups is 1. The number of ether oxygens (including phenoxy) is 2. The Bertz CT molecular complexity index is 503. The summed E-state index contributed by atoms with van der Waals surface area (Å²) < 4.78 is 11.3. The lowest BCUT2D eigenvalue weighted by Gasteiger charge is -2.23. The Balaban J connectivity index is 0.00000338. The van der Waals surface area contributed by atoms with Gasteiger partial charge in [-0.15, -0.1) is 35.3 Å². The molecule has 0 aromatic carbocycles. The molecule has 0 bridgehead atoms. The van der Waals surface area contributed by atoms with Gasteiger partial charge < -0.3 is 20.1 Å². The van der Waals surface area contributed by atoms with Gasteiger partial charge in [0.2, 0.25) is 0 Å². The Morgan fingerprint density at radius 1 is 1.35 bits per heavy atom. The first-order valence-electron chi connectivity index (χ1n) is 9.37. The molecule has 150 valence electrons. The minimum absolute atomic E-state index is 0. The molecule has 2 heterocycles. The van der Waals surface area contributed by atoms with E-state index in [1.165, 1.54) is 4.88 Å². The Labute approximate surface area is 179 Å². The lowest BCUT2D eigenvalue weighted by Crippen LogP contribution is -2.39. The van der Waals surface area contributed by atoms with Crippen LogP contribution in [0.15, 0.2) is 22.5 Å². The molecule has 1 fully saturated rings. The quantitative estimate of drug-likeness (QED) is 0.237. The molecule has 1 aliphatic rings. The van der Waals surface area contributed by atoms with E-state index in [0.29, 0.717) is 6.10 Å². The fourth-order valence-corrected chi connectivity index (χ4v) is 3.58. The third kappa shape index (κ3) is 8.54. The van der Waals surface area contributed by atoms with E-state index in [1.807, 2.05) is 0 Å². The fourth-order valence-electron chi connectivity index (χ4n) is 2.73. The summed E-state index contributed by atoms with van der Waals surface area (Å²) in [6.45, 7) is 11.5. The summed E-state index contributed by atoms with van der Waals surface area (Å²) in [7, 11) is 0. The molecule has 0 aliphatic carbocycles. The summed E-state index contributed by atoms with van der Waals surface area (Å²) in [5.74, 6) is 0.887. The molecule has 0 radical (unpaired) electrons. The third-order valence-electron chi connectivity index (χ3n) is 4.30. The van der Waals surface area contributed by atoms with E-state index >= 15 is 0 Å². The van der Waals surface area contributed by atoms with Crippen molar-refractivity contribution in [3.8, 4) is 0 Å². The lowest BCUT2D eigenvalue weighted by atomic mass is 9.92. The van der Waals surface area contributed by atoms with Crippen LogP contribution in [0.5, 0.6) is 0 Å². The molecule has 26 heavy (non-hydrogen) atoms. The highest BCUT2D eigenvalue weighted by molar-refractivity contribution is 14.0. The van der Waals surface area contributed by atoms with Gasteiger partial charge in [0.25, 0.3) is 0 Å². The molecule has 0 saturated carbocycles. The van der Waals surface area contributed by atoms with Crippen LogP contribution in [0.25, 0.3) is 0 Å². The Kier molecular flexibility index (Phi) is 11.7. The zero-order valence-electron chi connectivity index (χ0n) is 16.3. The standard InChI is InChI=1S/C19H33N3O2S.HI/c1-4-20-18(22-15-19(2,3)17-7-5-14-25-17)21-10-6-11-24-16-8-12-23-13-9-16;/h5,7,14,16H,4,6,8-13,15H2,1-3H3,(H2,20,21,22);1H. The van der Waals surface area contributed by atoms with Crippen molar-refractivity contribution >= 4 is 41.3 Å². The maximum absolute atomic E-state index is 5.91. The summed E-state index contributed by atoms with van der Waals surface area (Å²) in [5.41, 5.74) is 0.0582. The number of guanidine groups is 1. The number of halogens is 1. The highest BCUT2D eigenvalue weighted by Gasteiger charge is 2.21. The Hall–Kier alpha value is -0.380. The number of nitrogens with zero attached hydrogens (tertiary/aromatic N) is 1. The van der Waals surface area contributed by atoms with E-state index in [1.54, 1.807) is 11.3 Å².